The van der Waals surface area contributed by atoms with Crippen LogP contribution in [0, 0.1) is 0 Å². The Labute approximate surface area is 148 Å². The standard InChI is InChI=1S/C12H8Cl2O4S2Se2/c13-19(15,16)9-5-1-3-7-11(9)21-22-12-8-4-2-6-10(12)20(14,17)18/h1-8H. The predicted molar refractivity (Wildman–Crippen MR) is 89.7 cm³/mol. The second-order valence-corrected chi connectivity index (χ2v) is 15.2. The van der Waals surface area contributed by atoms with E-state index in [9.17, 15) is 16.8 Å². The van der Waals surface area contributed by atoms with E-state index in [1.807, 2.05) is 0 Å². The Bertz CT molecular complexity index is 823. The van der Waals surface area contributed by atoms with Gasteiger partial charge in [0.2, 0.25) is 0 Å². The SMILES string of the molecule is O=S(=O)(Cl)c1ccccc1[Se][Se]c1ccccc1S(=O)(=O)Cl. The van der Waals surface area contributed by atoms with Crippen molar-refractivity contribution < 1.29 is 16.8 Å². The van der Waals surface area contributed by atoms with Crippen LogP contribution in [0.5, 0.6) is 0 Å². The number of rotatable bonds is 5. The molecule has 0 aliphatic heterocycles. The summed E-state index contributed by atoms with van der Waals surface area (Å²) in [5.74, 6) is 0. The molecule has 22 heavy (non-hydrogen) atoms. The molecule has 0 amide bonds. The maximum absolute atomic E-state index is 11.6. The van der Waals surface area contributed by atoms with Crippen molar-refractivity contribution in [2.45, 2.75) is 9.79 Å². The molecule has 10 heteroatoms. The molecule has 0 heterocycles. The second kappa shape index (κ2) is 7.24. The van der Waals surface area contributed by atoms with Crippen molar-refractivity contribution in [2.75, 3.05) is 0 Å². The van der Waals surface area contributed by atoms with Gasteiger partial charge < -0.3 is 0 Å². The van der Waals surface area contributed by atoms with Crippen molar-refractivity contribution in [1.82, 2.24) is 0 Å². The maximum atomic E-state index is 11.6. The molecule has 0 aliphatic carbocycles. The first-order chi connectivity index (χ1) is 10.2. The van der Waals surface area contributed by atoms with Crippen molar-refractivity contribution in [3.63, 3.8) is 0 Å². The van der Waals surface area contributed by atoms with E-state index in [2.05, 4.69) is 0 Å². The van der Waals surface area contributed by atoms with Gasteiger partial charge in [-0.3, -0.25) is 0 Å². The van der Waals surface area contributed by atoms with Crippen LogP contribution in [0.25, 0.3) is 0 Å². The van der Waals surface area contributed by atoms with Crippen LogP contribution in [-0.2, 0) is 18.1 Å². The van der Waals surface area contributed by atoms with E-state index >= 15 is 0 Å². The third-order valence-corrected chi connectivity index (χ3v) is 13.0. The summed E-state index contributed by atoms with van der Waals surface area (Å²) in [6.07, 6.45) is 0. The zero-order chi connectivity index (χ0) is 16.4. The average Bonchev–Trinajstić information content (AvgIpc) is 2.44. The first-order valence-electron chi connectivity index (χ1n) is 5.61. The molecule has 0 radical (unpaired) electrons. The van der Waals surface area contributed by atoms with Crippen molar-refractivity contribution in [3.8, 4) is 0 Å². The van der Waals surface area contributed by atoms with E-state index in [0.717, 1.165) is 0 Å². The quantitative estimate of drug-likeness (QED) is 0.443. The first-order valence-corrected chi connectivity index (χ1v) is 16.3. The molecular formula is C12H8Cl2O4S2Se2. The van der Waals surface area contributed by atoms with Crippen molar-refractivity contribution in [3.05, 3.63) is 48.5 Å². The Balaban J connectivity index is 2.34. The number of halogens is 2. The van der Waals surface area contributed by atoms with Crippen molar-refractivity contribution in [1.29, 1.82) is 0 Å². The zero-order valence-electron chi connectivity index (χ0n) is 10.6. The Morgan fingerprint density at radius 2 is 0.955 bits per heavy atom. The summed E-state index contributed by atoms with van der Waals surface area (Å²) in [6, 6.07) is 12.9. The van der Waals surface area contributed by atoms with Crippen LogP contribution in [0.4, 0.5) is 0 Å². The Kier molecular flexibility index (Phi) is 6.02. The van der Waals surface area contributed by atoms with Gasteiger partial charge in [0.05, 0.1) is 0 Å². The Morgan fingerprint density at radius 1 is 0.636 bits per heavy atom. The van der Waals surface area contributed by atoms with Crippen LogP contribution >= 0.6 is 21.4 Å². The van der Waals surface area contributed by atoms with Gasteiger partial charge in [-0.25, -0.2) is 0 Å². The fourth-order valence-electron chi connectivity index (χ4n) is 1.53. The Hall–Kier alpha value is -0.0410. The normalized spacial score (nSPS) is 12.3. The first kappa shape index (κ1) is 18.3. The summed E-state index contributed by atoms with van der Waals surface area (Å²) in [7, 11) is 3.20. The molecule has 0 unspecified atom stereocenters. The monoisotopic (exact) mass is 510 g/mol. The van der Waals surface area contributed by atoms with Crippen LogP contribution < -0.4 is 8.92 Å². The van der Waals surface area contributed by atoms with Gasteiger partial charge in [-0.2, -0.15) is 0 Å². The molecule has 0 aromatic heterocycles. The molecule has 4 nitrogen and oxygen atoms in total. The van der Waals surface area contributed by atoms with Crippen LogP contribution in [0.2, 0.25) is 0 Å². The Morgan fingerprint density at radius 3 is 1.27 bits per heavy atom. The van der Waals surface area contributed by atoms with E-state index in [4.69, 9.17) is 21.4 Å². The number of benzene rings is 2. The second-order valence-electron chi connectivity index (χ2n) is 3.94. The van der Waals surface area contributed by atoms with Gasteiger partial charge in [-0.1, -0.05) is 0 Å². The van der Waals surface area contributed by atoms with Gasteiger partial charge >= 0.3 is 150 Å². The van der Waals surface area contributed by atoms with Crippen LogP contribution in [0.1, 0.15) is 0 Å². The summed E-state index contributed by atoms with van der Waals surface area (Å²) in [5, 5.41) is 0. The predicted octanol–water partition coefficient (Wildman–Crippen LogP) is 0.816. The van der Waals surface area contributed by atoms with Gasteiger partial charge in [0, 0.05) is 0 Å². The van der Waals surface area contributed by atoms with Gasteiger partial charge in [-0.05, 0) is 0 Å². The summed E-state index contributed by atoms with van der Waals surface area (Å²) in [4.78, 5) is 0.148. The molecule has 118 valence electrons. The molecule has 2 rings (SSSR count). The molecule has 0 saturated carbocycles. The zero-order valence-corrected chi connectivity index (χ0v) is 17.2. The van der Waals surface area contributed by atoms with Gasteiger partial charge in [0.15, 0.2) is 0 Å². The summed E-state index contributed by atoms with van der Waals surface area (Å²) < 4.78 is 47.5. The molecule has 2 aromatic rings. The topological polar surface area (TPSA) is 68.3 Å². The number of hydrogen-bond acceptors (Lipinski definition) is 4. The van der Waals surface area contributed by atoms with Crippen LogP contribution in [-0.4, -0.2) is 43.1 Å². The summed E-state index contributed by atoms with van der Waals surface area (Å²) in [5.41, 5.74) is 0. The van der Waals surface area contributed by atoms with E-state index in [1.54, 1.807) is 36.4 Å². The van der Waals surface area contributed by atoms with E-state index in [1.165, 1.54) is 12.1 Å². The number of hydrogen-bond donors (Lipinski definition) is 0. The molecule has 0 aliphatic rings. The third kappa shape index (κ3) is 4.73. The molecule has 0 bridgehead atoms. The molecule has 0 atom stereocenters. The van der Waals surface area contributed by atoms with E-state index < -0.39 is 18.1 Å². The van der Waals surface area contributed by atoms with Crippen molar-refractivity contribution in [2.24, 2.45) is 0 Å². The van der Waals surface area contributed by atoms with Crippen LogP contribution in [0.3, 0.4) is 0 Å². The fourth-order valence-corrected chi connectivity index (χ4v) is 13.8. The van der Waals surface area contributed by atoms with E-state index in [0.29, 0.717) is 8.92 Å². The van der Waals surface area contributed by atoms with Gasteiger partial charge in [0.1, 0.15) is 0 Å². The van der Waals surface area contributed by atoms with E-state index in [-0.39, 0.29) is 36.1 Å². The molecular weight excluding hydrogens is 501 g/mol. The van der Waals surface area contributed by atoms with Crippen LogP contribution in [0.15, 0.2) is 58.3 Å². The fraction of sp³-hybridized carbons (Fsp3) is 0. The van der Waals surface area contributed by atoms with Gasteiger partial charge in [0.25, 0.3) is 0 Å². The third-order valence-electron chi connectivity index (χ3n) is 2.44. The van der Waals surface area contributed by atoms with Crippen molar-refractivity contribution >= 4 is 74.7 Å². The molecule has 0 N–H and O–H groups in total. The van der Waals surface area contributed by atoms with Gasteiger partial charge in [-0.15, -0.1) is 0 Å². The summed E-state index contributed by atoms with van der Waals surface area (Å²) >= 11 is -0.494. The molecule has 0 saturated heterocycles. The molecule has 2 aromatic carbocycles. The molecule has 0 fully saturated rings. The average molecular weight is 509 g/mol. The minimum atomic E-state index is -3.82. The minimum absolute atomic E-state index is 0.0738. The molecule has 0 spiro atoms. The summed E-state index contributed by atoms with van der Waals surface area (Å²) in [6.45, 7) is 0.